The Morgan fingerprint density at radius 1 is 1.53 bits per heavy atom. The van der Waals surface area contributed by atoms with Crippen LogP contribution in [0.25, 0.3) is 0 Å². The van der Waals surface area contributed by atoms with Gasteiger partial charge in [-0.2, -0.15) is 5.10 Å². The van der Waals surface area contributed by atoms with Crippen molar-refractivity contribution in [2.24, 2.45) is 5.10 Å². The number of amides is 1. The average Bonchev–Trinajstić information content (AvgIpc) is 2.21. The van der Waals surface area contributed by atoms with Crippen LogP contribution in [0.15, 0.2) is 23.3 Å². The monoisotopic (exact) mass is 214 g/mol. The molecule has 1 N–H and O–H groups in total. The van der Waals surface area contributed by atoms with Crippen LogP contribution < -0.4 is 5.43 Å². The van der Waals surface area contributed by atoms with Gasteiger partial charge in [0, 0.05) is 11.6 Å². The zero-order chi connectivity index (χ0) is 11.3. The van der Waals surface area contributed by atoms with Crippen molar-refractivity contribution >= 4 is 12.3 Å². The fourth-order valence-corrected chi connectivity index (χ4v) is 0.806. The Morgan fingerprint density at radius 3 is 2.87 bits per heavy atom. The summed E-state index contributed by atoms with van der Waals surface area (Å²) in [6.45, 7) is 0. The Labute approximate surface area is 84.5 Å². The van der Waals surface area contributed by atoms with E-state index in [1.807, 2.05) is 5.43 Å². The van der Waals surface area contributed by atoms with Gasteiger partial charge in [0.2, 0.25) is 0 Å². The van der Waals surface area contributed by atoms with Gasteiger partial charge in [0.1, 0.15) is 11.6 Å². The summed E-state index contributed by atoms with van der Waals surface area (Å²) in [5.74, 6) is -1.43. The van der Waals surface area contributed by atoms with E-state index in [1.54, 1.807) is 0 Å². The molecule has 0 atom stereocenters. The van der Waals surface area contributed by atoms with Crippen molar-refractivity contribution in [3.63, 3.8) is 0 Å². The van der Waals surface area contributed by atoms with E-state index in [-0.39, 0.29) is 5.56 Å². The molecule has 0 aliphatic carbocycles. The highest BCUT2D eigenvalue weighted by molar-refractivity contribution is 5.81. The van der Waals surface area contributed by atoms with Crippen LogP contribution in [-0.4, -0.2) is 19.4 Å². The van der Waals surface area contributed by atoms with Crippen molar-refractivity contribution in [1.29, 1.82) is 0 Å². The molecule has 0 heterocycles. The molecule has 0 radical (unpaired) electrons. The predicted octanol–water partition coefficient (Wildman–Crippen LogP) is 1.65. The second kappa shape index (κ2) is 5.04. The molecule has 0 saturated carbocycles. The van der Waals surface area contributed by atoms with E-state index in [0.717, 1.165) is 18.3 Å². The van der Waals surface area contributed by atoms with Crippen molar-refractivity contribution in [2.75, 3.05) is 7.11 Å². The van der Waals surface area contributed by atoms with E-state index in [1.165, 1.54) is 13.2 Å². The third-order valence-electron chi connectivity index (χ3n) is 1.51. The van der Waals surface area contributed by atoms with Gasteiger partial charge < -0.3 is 4.74 Å². The molecule has 0 unspecified atom stereocenters. The number of methoxy groups -OCH3 is 1. The number of carbonyl (C=O) groups is 1. The summed E-state index contributed by atoms with van der Waals surface area (Å²) < 4.78 is 29.7. The number of carbonyl (C=O) groups excluding carboxylic acids is 1. The molecule has 0 aromatic heterocycles. The summed E-state index contributed by atoms with van der Waals surface area (Å²) in [6.07, 6.45) is 0.278. The maximum absolute atomic E-state index is 13.0. The normalized spacial score (nSPS) is 10.3. The summed E-state index contributed by atoms with van der Waals surface area (Å²) >= 11 is 0. The van der Waals surface area contributed by atoms with Crippen molar-refractivity contribution in [1.82, 2.24) is 5.43 Å². The molecule has 0 bridgehead atoms. The second-order valence-electron chi connectivity index (χ2n) is 2.53. The Bertz CT molecular complexity index is 394. The number of nitrogens with zero attached hydrogens (tertiary/aromatic N) is 1. The molecule has 0 aliphatic rings. The zero-order valence-electron chi connectivity index (χ0n) is 7.83. The number of ether oxygens (including phenoxy) is 1. The number of nitrogens with one attached hydrogen (secondary N) is 1. The molecule has 0 aliphatic heterocycles. The van der Waals surface area contributed by atoms with Crippen LogP contribution in [0.4, 0.5) is 13.6 Å². The fourth-order valence-electron chi connectivity index (χ4n) is 0.806. The Morgan fingerprint density at radius 2 is 2.27 bits per heavy atom. The maximum Gasteiger partial charge on any atom is 0.427 e. The van der Waals surface area contributed by atoms with Gasteiger partial charge in [-0.15, -0.1) is 0 Å². The van der Waals surface area contributed by atoms with Crippen LogP contribution in [0.3, 0.4) is 0 Å². The molecule has 4 nitrogen and oxygen atoms in total. The minimum absolute atomic E-state index is 0.0628. The summed E-state index contributed by atoms with van der Waals surface area (Å²) in [5.41, 5.74) is 2.03. The molecule has 1 aromatic carbocycles. The first kappa shape index (κ1) is 11.1. The standard InChI is InChI=1S/C9H8F2N2O2/c1-15-9(14)13-12-5-6-2-3-7(10)4-8(6)11/h2-5H,1H3,(H,13,14)/b12-5-. The number of rotatable bonds is 2. The Hall–Kier alpha value is -1.98. The minimum Gasteiger partial charge on any atom is -0.452 e. The van der Waals surface area contributed by atoms with Gasteiger partial charge in [-0.3, -0.25) is 0 Å². The van der Waals surface area contributed by atoms with Crippen LogP contribution >= 0.6 is 0 Å². The number of benzene rings is 1. The SMILES string of the molecule is COC(=O)N/N=C\c1ccc(F)cc1F. The first-order valence-corrected chi connectivity index (χ1v) is 3.95. The summed E-state index contributed by atoms with van der Waals surface area (Å²) in [6, 6.07) is 3.01. The topological polar surface area (TPSA) is 50.7 Å². The third-order valence-corrected chi connectivity index (χ3v) is 1.51. The van der Waals surface area contributed by atoms with E-state index in [4.69, 9.17) is 0 Å². The van der Waals surface area contributed by atoms with Crippen LogP contribution in [0.1, 0.15) is 5.56 Å². The lowest BCUT2D eigenvalue weighted by atomic mass is 10.2. The van der Waals surface area contributed by atoms with Crippen molar-refractivity contribution < 1.29 is 18.3 Å². The maximum atomic E-state index is 13.0. The van der Waals surface area contributed by atoms with E-state index in [9.17, 15) is 13.6 Å². The molecule has 1 amide bonds. The number of hydrogen-bond donors (Lipinski definition) is 1. The number of hydrogen-bond acceptors (Lipinski definition) is 3. The first-order chi connectivity index (χ1) is 7.13. The van der Waals surface area contributed by atoms with E-state index in [2.05, 4.69) is 9.84 Å². The van der Waals surface area contributed by atoms with Gasteiger partial charge >= 0.3 is 6.09 Å². The number of hydrazone groups is 1. The van der Waals surface area contributed by atoms with Crippen molar-refractivity contribution in [3.05, 3.63) is 35.4 Å². The van der Waals surface area contributed by atoms with Gasteiger partial charge in [-0.1, -0.05) is 0 Å². The van der Waals surface area contributed by atoms with Gasteiger partial charge in [0.15, 0.2) is 0 Å². The molecule has 15 heavy (non-hydrogen) atoms. The van der Waals surface area contributed by atoms with Gasteiger partial charge in [0.05, 0.1) is 13.3 Å². The molecular weight excluding hydrogens is 206 g/mol. The van der Waals surface area contributed by atoms with Gasteiger partial charge in [-0.25, -0.2) is 19.0 Å². The molecule has 0 saturated heterocycles. The lowest BCUT2D eigenvalue weighted by Gasteiger charge is -1.97. The summed E-state index contributed by atoms with van der Waals surface area (Å²) in [4.78, 5) is 10.5. The molecule has 0 fully saturated rings. The largest absolute Gasteiger partial charge is 0.452 e. The molecular formula is C9H8F2N2O2. The fraction of sp³-hybridized carbons (Fsp3) is 0.111. The van der Waals surface area contributed by atoms with Crippen molar-refractivity contribution in [3.8, 4) is 0 Å². The average molecular weight is 214 g/mol. The Balaban J connectivity index is 2.68. The smallest absolute Gasteiger partial charge is 0.427 e. The van der Waals surface area contributed by atoms with Crippen LogP contribution in [0, 0.1) is 11.6 Å². The molecule has 0 spiro atoms. The van der Waals surface area contributed by atoms with E-state index in [0.29, 0.717) is 0 Å². The predicted molar refractivity (Wildman–Crippen MR) is 49.5 cm³/mol. The van der Waals surface area contributed by atoms with Crippen molar-refractivity contribution in [2.45, 2.75) is 0 Å². The lowest BCUT2D eigenvalue weighted by molar-refractivity contribution is 0.171. The summed E-state index contributed by atoms with van der Waals surface area (Å²) in [7, 11) is 1.17. The summed E-state index contributed by atoms with van der Waals surface area (Å²) in [5, 5.41) is 3.39. The Kier molecular flexibility index (Phi) is 3.73. The minimum atomic E-state index is -0.770. The van der Waals surface area contributed by atoms with Crippen LogP contribution in [0.2, 0.25) is 0 Å². The number of halogens is 2. The lowest BCUT2D eigenvalue weighted by Crippen LogP contribution is -2.16. The second-order valence-corrected chi connectivity index (χ2v) is 2.53. The first-order valence-electron chi connectivity index (χ1n) is 3.95. The molecule has 6 heteroatoms. The molecule has 1 aromatic rings. The van der Waals surface area contributed by atoms with Gasteiger partial charge in [-0.05, 0) is 12.1 Å². The van der Waals surface area contributed by atoms with Crippen LogP contribution in [0.5, 0.6) is 0 Å². The molecule has 80 valence electrons. The van der Waals surface area contributed by atoms with E-state index < -0.39 is 17.7 Å². The quantitative estimate of drug-likeness (QED) is 0.601. The molecule has 1 rings (SSSR count). The van der Waals surface area contributed by atoms with E-state index >= 15 is 0 Å². The van der Waals surface area contributed by atoms with Crippen LogP contribution in [-0.2, 0) is 4.74 Å². The third kappa shape index (κ3) is 3.34. The zero-order valence-corrected chi connectivity index (χ0v) is 7.83. The highest BCUT2D eigenvalue weighted by atomic mass is 19.1. The van der Waals surface area contributed by atoms with Gasteiger partial charge in [0.25, 0.3) is 0 Å². The highest BCUT2D eigenvalue weighted by Gasteiger charge is 2.01. The highest BCUT2D eigenvalue weighted by Crippen LogP contribution is 2.06.